The lowest BCUT2D eigenvalue weighted by Gasteiger charge is -2.28. The molecule has 1 aliphatic heterocycles. The second-order valence-corrected chi connectivity index (χ2v) is 5.26. The fourth-order valence-corrected chi connectivity index (χ4v) is 2.38. The smallest absolute Gasteiger partial charge is 0.265 e. The van der Waals surface area contributed by atoms with Crippen molar-refractivity contribution in [1.82, 2.24) is 10.4 Å². The van der Waals surface area contributed by atoms with Crippen molar-refractivity contribution in [2.45, 2.75) is 38.9 Å². The molecule has 0 aliphatic carbocycles. The molecular formula is C14H20N2O2. The maximum Gasteiger partial charge on any atom is 0.265 e. The summed E-state index contributed by atoms with van der Waals surface area (Å²) in [4.78, 5) is 17.3. The summed E-state index contributed by atoms with van der Waals surface area (Å²) in [6.07, 6.45) is 0.683. The van der Waals surface area contributed by atoms with Crippen LogP contribution in [-0.2, 0) is 16.1 Å². The van der Waals surface area contributed by atoms with Crippen LogP contribution in [-0.4, -0.2) is 29.8 Å². The monoisotopic (exact) mass is 248 g/mol. The molecule has 18 heavy (non-hydrogen) atoms. The molecule has 1 aliphatic rings. The van der Waals surface area contributed by atoms with E-state index in [-0.39, 0.29) is 11.9 Å². The van der Waals surface area contributed by atoms with Crippen molar-refractivity contribution in [3.8, 4) is 0 Å². The molecule has 0 radical (unpaired) electrons. The maximum atomic E-state index is 12.2. The Morgan fingerprint density at radius 2 is 1.94 bits per heavy atom. The van der Waals surface area contributed by atoms with Crippen molar-refractivity contribution in [1.29, 1.82) is 0 Å². The Balaban J connectivity index is 2.11. The molecule has 1 aromatic carbocycles. The van der Waals surface area contributed by atoms with E-state index >= 15 is 0 Å². The summed E-state index contributed by atoms with van der Waals surface area (Å²) < 4.78 is 0. The van der Waals surface area contributed by atoms with Gasteiger partial charge in [0.2, 0.25) is 0 Å². The Morgan fingerprint density at radius 1 is 1.33 bits per heavy atom. The molecule has 1 atom stereocenters. The predicted molar refractivity (Wildman–Crippen MR) is 69.7 cm³/mol. The molecule has 1 heterocycles. The van der Waals surface area contributed by atoms with Gasteiger partial charge in [-0.25, -0.2) is 5.06 Å². The number of hydroxylamine groups is 2. The quantitative estimate of drug-likeness (QED) is 0.884. The van der Waals surface area contributed by atoms with E-state index in [2.05, 4.69) is 36.5 Å². The van der Waals surface area contributed by atoms with E-state index in [1.807, 2.05) is 13.8 Å². The molecule has 0 unspecified atom stereocenters. The van der Waals surface area contributed by atoms with Crippen LogP contribution in [0.4, 0.5) is 0 Å². The van der Waals surface area contributed by atoms with Gasteiger partial charge in [-0.15, -0.1) is 0 Å². The second-order valence-electron chi connectivity index (χ2n) is 5.26. The van der Waals surface area contributed by atoms with Crippen molar-refractivity contribution >= 4 is 5.91 Å². The molecule has 1 fully saturated rings. The molecule has 4 heteroatoms. The van der Waals surface area contributed by atoms with Gasteiger partial charge in [0.1, 0.15) is 5.66 Å². The normalized spacial score (nSPS) is 22.6. The van der Waals surface area contributed by atoms with Crippen LogP contribution in [0.25, 0.3) is 0 Å². The average molecular weight is 248 g/mol. The van der Waals surface area contributed by atoms with Gasteiger partial charge >= 0.3 is 0 Å². The van der Waals surface area contributed by atoms with Gasteiger partial charge < -0.3 is 0 Å². The molecule has 0 aromatic heterocycles. The molecule has 0 bridgehead atoms. The van der Waals surface area contributed by atoms with Gasteiger partial charge in [0.05, 0.1) is 13.2 Å². The average Bonchev–Trinajstić information content (AvgIpc) is 2.52. The van der Waals surface area contributed by atoms with Crippen LogP contribution >= 0.6 is 0 Å². The number of carbonyl (C=O) groups is 1. The summed E-state index contributed by atoms with van der Waals surface area (Å²) in [5.74, 6) is -0.0110. The Bertz CT molecular complexity index is 440. The molecule has 98 valence electrons. The van der Waals surface area contributed by atoms with Gasteiger partial charge in [-0.1, -0.05) is 29.8 Å². The first-order chi connectivity index (χ1) is 8.44. The van der Waals surface area contributed by atoms with Gasteiger partial charge in [-0.3, -0.25) is 14.9 Å². The fraction of sp³-hybridized carbons (Fsp3) is 0.500. The Hall–Kier alpha value is -1.39. The van der Waals surface area contributed by atoms with E-state index in [1.165, 1.54) is 17.7 Å². The molecule has 2 rings (SSSR count). The first kappa shape index (κ1) is 13.1. The Kier molecular flexibility index (Phi) is 3.41. The van der Waals surface area contributed by atoms with E-state index < -0.39 is 5.66 Å². The number of aryl methyl sites for hydroxylation is 1. The van der Waals surface area contributed by atoms with Crippen molar-refractivity contribution in [2.24, 2.45) is 0 Å². The number of nitrogens with zero attached hydrogens (tertiary/aromatic N) is 1. The lowest BCUT2D eigenvalue weighted by Crippen LogP contribution is -2.46. The van der Waals surface area contributed by atoms with Crippen molar-refractivity contribution in [2.75, 3.05) is 7.11 Å². The third-order valence-corrected chi connectivity index (χ3v) is 3.28. The van der Waals surface area contributed by atoms with Crippen LogP contribution in [0, 0.1) is 6.92 Å². The minimum absolute atomic E-state index is 0.0110. The SMILES string of the molecule is CON1C(=O)[C@H](Cc2ccc(C)cc2)NC1(C)C. The first-order valence-corrected chi connectivity index (χ1v) is 6.15. The molecule has 1 aromatic rings. The lowest BCUT2D eigenvalue weighted by atomic mass is 10.0. The van der Waals surface area contributed by atoms with Gasteiger partial charge in [-0.2, -0.15) is 0 Å². The molecule has 1 saturated heterocycles. The molecule has 4 nitrogen and oxygen atoms in total. The Labute approximate surface area is 108 Å². The number of hydrogen-bond acceptors (Lipinski definition) is 3. The van der Waals surface area contributed by atoms with Crippen LogP contribution < -0.4 is 5.32 Å². The van der Waals surface area contributed by atoms with E-state index in [0.29, 0.717) is 6.42 Å². The number of nitrogens with one attached hydrogen (secondary N) is 1. The zero-order valence-electron chi connectivity index (χ0n) is 11.4. The number of benzene rings is 1. The minimum atomic E-state index is -0.457. The summed E-state index contributed by atoms with van der Waals surface area (Å²) in [6, 6.07) is 8.03. The zero-order valence-corrected chi connectivity index (χ0v) is 11.4. The Morgan fingerprint density at radius 3 is 2.44 bits per heavy atom. The summed E-state index contributed by atoms with van der Waals surface area (Å²) in [6.45, 7) is 5.92. The van der Waals surface area contributed by atoms with Crippen molar-refractivity contribution in [3.05, 3.63) is 35.4 Å². The van der Waals surface area contributed by atoms with E-state index in [9.17, 15) is 4.79 Å². The molecular weight excluding hydrogens is 228 g/mol. The van der Waals surface area contributed by atoms with E-state index in [4.69, 9.17) is 4.84 Å². The highest BCUT2D eigenvalue weighted by Gasteiger charge is 2.44. The summed E-state index contributed by atoms with van der Waals surface area (Å²) >= 11 is 0. The molecule has 1 N–H and O–H groups in total. The van der Waals surface area contributed by atoms with Crippen LogP contribution in [0.3, 0.4) is 0 Å². The highest BCUT2D eigenvalue weighted by molar-refractivity contribution is 5.84. The summed E-state index contributed by atoms with van der Waals surface area (Å²) in [5.41, 5.74) is 1.92. The van der Waals surface area contributed by atoms with Gasteiger partial charge in [0.15, 0.2) is 0 Å². The first-order valence-electron chi connectivity index (χ1n) is 6.15. The van der Waals surface area contributed by atoms with Crippen LogP contribution in [0.15, 0.2) is 24.3 Å². The minimum Gasteiger partial charge on any atom is -0.281 e. The van der Waals surface area contributed by atoms with Gasteiger partial charge in [0.25, 0.3) is 5.91 Å². The van der Waals surface area contributed by atoms with Crippen LogP contribution in [0.5, 0.6) is 0 Å². The van der Waals surface area contributed by atoms with Gasteiger partial charge in [0, 0.05) is 0 Å². The lowest BCUT2D eigenvalue weighted by molar-refractivity contribution is -0.192. The van der Waals surface area contributed by atoms with E-state index in [0.717, 1.165) is 5.56 Å². The van der Waals surface area contributed by atoms with Crippen molar-refractivity contribution < 1.29 is 9.63 Å². The third-order valence-electron chi connectivity index (χ3n) is 3.28. The largest absolute Gasteiger partial charge is 0.281 e. The standard InChI is InChI=1S/C14H20N2O2/c1-10-5-7-11(8-6-10)9-12-13(17)16(18-4)14(2,3)15-12/h5-8,12,15H,9H2,1-4H3/t12-/m0/s1. The number of amides is 1. The topological polar surface area (TPSA) is 41.6 Å². The number of hydrogen-bond donors (Lipinski definition) is 1. The molecule has 0 spiro atoms. The maximum absolute atomic E-state index is 12.2. The molecule has 1 amide bonds. The highest BCUT2D eigenvalue weighted by atomic mass is 16.7. The molecule has 0 saturated carbocycles. The second kappa shape index (κ2) is 4.71. The van der Waals surface area contributed by atoms with Crippen molar-refractivity contribution in [3.63, 3.8) is 0 Å². The zero-order chi connectivity index (χ0) is 13.3. The third kappa shape index (κ3) is 2.40. The fourth-order valence-electron chi connectivity index (χ4n) is 2.38. The highest BCUT2D eigenvalue weighted by Crippen LogP contribution is 2.23. The number of carbonyl (C=O) groups excluding carboxylic acids is 1. The van der Waals surface area contributed by atoms with Crippen LogP contribution in [0.2, 0.25) is 0 Å². The predicted octanol–water partition coefficient (Wildman–Crippen LogP) is 1.64. The van der Waals surface area contributed by atoms with E-state index in [1.54, 1.807) is 0 Å². The summed E-state index contributed by atoms with van der Waals surface area (Å²) in [5, 5.41) is 4.70. The van der Waals surface area contributed by atoms with Crippen LogP contribution in [0.1, 0.15) is 25.0 Å². The summed E-state index contributed by atoms with van der Waals surface area (Å²) in [7, 11) is 1.52. The number of rotatable bonds is 3. The van der Waals surface area contributed by atoms with Gasteiger partial charge in [-0.05, 0) is 32.8 Å².